The summed E-state index contributed by atoms with van der Waals surface area (Å²) in [5.41, 5.74) is 2.12. The number of allylic oxidation sites excluding steroid dienone is 1. The lowest BCUT2D eigenvalue weighted by Gasteiger charge is -2.22. The number of benzene rings is 4. The minimum atomic E-state index is -4.51. The molecule has 1 heterocycles. The maximum absolute atomic E-state index is 15.8. The van der Waals surface area contributed by atoms with Crippen molar-refractivity contribution < 1.29 is 40.8 Å². The molecule has 0 radical (unpaired) electrons. The Balaban J connectivity index is 1.48. The molecule has 0 N–H and O–H groups in total. The molecule has 5 aromatic rings. The van der Waals surface area contributed by atoms with Crippen LogP contribution in [0.4, 0.5) is 22.7 Å². The molecule has 0 spiro atoms. The number of anilines is 1. The van der Waals surface area contributed by atoms with Gasteiger partial charge in [0.05, 0.1) is 41.8 Å². The maximum Gasteiger partial charge on any atom is 0.416 e. The van der Waals surface area contributed by atoms with Crippen LogP contribution in [0.5, 0.6) is 23.0 Å². The number of ether oxygens (including phenoxy) is 3. The first-order valence-corrected chi connectivity index (χ1v) is 17.2. The Bertz CT molecular complexity index is 2080. The molecule has 5 rings (SSSR count). The molecule has 0 saturated heterocycles. The highest BCUT2D eigenvalue weighted by molar-refractivity contribution is 7.86. The van der Waals surface area contributed by atoms with Crippen LogP contribution in [0.1, 0.15) is 21.5 Å². The molecule has 266 valence electrons. The van der Waals surface area contributed by atoms with Crippen LogP contribution in [0.15, 0.2) is 95.5 Å². The van der Waals surface area contributed by atoms with E-state index in [-0.39, 0.29) is 38.7 Å². The van der Waals surface area contributed by atoms with E-state index < -0.39 is 34.3 Å². The van der Waals surface area contributed by atoms with Gasteiger partial charge in [-0.2, -0.15) is 13.2 Å². The molecule has 1 aromatic heterocycles. The van der Waals surface area contributed by atoms with Gasteiger partial charge in [0, 0.05) is 44.1 Å². The number of alkyl halides is 3. The topological polar surface area (TPSA) is 94.1 Å². The zero-order valence-corrected chi connectivity index (χ0v) is 29.8. The van der Waals surface area contributed by atoms with E-state index in [1.165, 1.54) is 60.6 Å². The van der Waals surface area contributed by atoms with E-state index in [1.54, 1.807) is 43.3 Å². The number of aromatic nitrogens is 2. The molecule has 51 heavy (non-hydrogen) atoms. The Labute approximate surface area is 302 Å². The molecule has 0 bridgehead atoms. The molecule has 1 atom stereocenters. The summed E-state index contributed by atoms with van der Waals surface area (Å²) < 4.78 is 87.3. The fraction of sp³-hybridized carbons (Fsp3) is 0.171. The second kappa shape index (κ2) is 15.9. The smallest absolute Gasteiger partial charge is 0.416 e. The number of carbonyl (C=O) groups excluding carboxylic acids is 1. The number of hydrogen-bond donors (Lipinski definition) is 0. The van der Waals surface area contributed by atoms with Crippen LogP contribution in [-0.2, 0) is 23.7 Å². The monoisotopic (exact) mass is 760 g/mol. The van der Waals surface area contributed by atoms with Gasteiger partial charge in [-0.1, -0.05) is 41.1 Å². The normalized spacial score (nSPS) is 12.1. The Morgan fingerprint density at radius 2 is 1.67 bits per heavy atom. The third-order valence-corrected chi connectivity index (χ3v) is 9.79. The van der Waals surface area contributed by atoms with Crippen LogP contribution >= 0.6 is 22.9 Å². The van der Waals surface area contributed by atoms with Crippen molar-refractivity contribution in [2.45, 2.75) is 17.6 Å². The van der Waals surface area contributed by atoms with Crippen molar-refractivity contribution in [3.63, 3.8) is 0 Å². The van der Waals surface area contributed by atoms with Crippen LogP contribution in [0.2, 0.25) is 5.02 Å². The zero-order chi connectivity index (χ0) is 36.9. The van der Waals surface area contributed by atoms with Crippen LogP contribution in [0.3, 0.4) is 0 Å². The first-order valence-electron chi connectivity index (χ1n) is 14.8. The van der Waals surface area contributed by atoms with Crippen molar-refractivity contribution in [1.82, 2.24) is 15.1 Å². The fourth-order valence-corrected chi connectivity index (χ4v) is 6.90. The molecule has 0 amide bonds. The SMILES string of the molecule is COc1ccc(CN(c2nncs2)S(=O)c2cc(Cl)c(Oc3ccc(-c4ccc(C(F)(F)F)cc4)cc3C(=O)/C=C/N(C)C)cc2F)c(OC)c1. The minimum Gasteiger partial charge on any atom is -0.497 e. The molecule has 4 aromatic carbocycles. The van der Waals surface area contributed by atoms with Gasteiger partial charge in [-0.15, -0.1) is 10.2 Å². The van der Waals surface area contributed by atoms with E-state index in [0.29, 0.717) is 28.2 Å². The lowest BCUT2D eigenvalue weighted by atomic mass is 9.99. The molecule has 16 heteroatoms. The molecular formula is C35H29ClF4N4O5S2. The number of nitrogens with zero attached hydrogens (tertiary/aromatic N) is 4. The summed E-state index contributed by atoms with van der Waals surface area (Å²) in [5.74, 6) is -0.619. The van der Waals surface area contributed by atoms with E-state index in [9.17, 15) is 22.2 Å². The Morgan fingerprint density at radius 3 is 2.29 bits per heavy atom. The van der Waals surface area contributed by atoms with Crippen molar-refractivity contribution in [1.29, 1.82) is 0 Å². The Hall–Kier alpha value is -4.99. The predicted molar refractivity (Wildman–Crippen MR) is 188 cm³/mol. The summed E-state index contributed by atoms with van der Waals surface area (Å²) in [6.45, 7) is -0.0124. The lowest BCUT2D eigenvalue weighted by molar-refractivity contribution is -0.137. The fourth-order valence-electron chi connectivity index (χ4n) is 4.72. The van der Waals surface area contributed by atoms with Crippen molar-refractivity contribution in [2.75, 3.05) is 32.6 Å². The molecule has 0 saturated carbocycles. The number of halogens is 5. The van der Waals surface area contributed by atoms with Crippen LogP contribution in [0.25, 0.3) is 11.1 Å². The zero-order valence-electron chi connectivity index (χ0n) is 27.4. The van der Waals surface area contributed by atoms with Gasteiger partial charge in [-0.05, 0) is 53.6 Å². The highest BCUT2D eigenvalue weighted by Gasteiger charge is 2.30. The largest absolute Gasteiger partial charge is 0.497 e. The first-order chi connectivity index (χ1) is 24.3. The summed E-state index contributed by atoms with van der Waals surface area (Å²) in [6.07, 6.45) is -1.71. The van der Waals surface area contributed by atoms with Gasteiger partial charge in [0.1, 0.15) is 34.3 Å². The van der Waals surface area contributed by atoms with Crippen molar-refractivity contribution >= 4 is 44.8 Å². The Kier molecular flexibility index (Phi) is 11.6. The van der Waals surface area contributed by atoms with Gasteiger partial charge in [0.25, 0.3) is 0 Å². The summed E-state index contributed by atoms with van der Waals surface area (Å²) in [6, 6.07) is 16.1. The quantitative estimate of drug-likeness (QED) is 0.0668. The second-order valence-electron chi connectivity index (χ2n) is 10.9. The molecule has 0 aliphatic rings. The maximum atomic E-state index is 15.8. The van der Waals surface area contributed by atoms with E-state index in [4.69, 9.17) is 25.8 Å². The lowest BCUT2D eigenvalue weighted by Crippen LogP contribution is -2.26. The first kappa shape index (κ1) is 37.3. The molecule has 0 aliphatic heterocycles. The van der Waals surface area contributed by atoms with Gasteiger partial charge in [-0.25, -0.2) is 8.60 Å². The van der Waals surface area contributed by atoms with Gasteiger partial charge < -0.3 is 19.1 Å². The highest BCUT2D eigenvalue weighted by Crippen LogP contribution is 2.38. The van der Waals surface area contributed by atoms with E-state index in [0.717, 1.165) is 35.6 Å². The number of hydrogen-bond acceptors (Lipinski definition) is 9. The average molecular weight is 761 g/mol. The molecule has 0 aliphatic carbocycles. The average Bonchev–Trinajstić information content (AvgIpc) is 3.65. The summed E-state index contributed by atoms with van der Waals surface area (Å²) in [7, 11) is 4.22. The third kappa shape index (κ3) is 8.85. The predicted octanol–water partition coefficient (Wildman–Crippen LogP) is 8.81. The number of methoxy groups -OCH3 is 2. The summed E-state index contributed by atoms with van der Waals surface area (Å²) >= 11 is 7.67. The van der Waals surface area contributed by atoms with Crippen molar-refractivity contribution in [3.8, 4) is 34.1 Å². The van der Waals surface area contributed by atoms with Gasteiger partial charge >= 0.3 is 6.18 Å². The standard InChI is InChI=1S/C35H29ClF4N4O5S2/c1-43(2)14-13-29(45)26-15-22(21-5-9-24(10-6-21)35(38,39)40)8-12-30(26)49-32-18-28(37)33(17-27(32)36)51(46)44(34-42-41-20-50-34)19-23-7-11-25(47-3)16-31(23)48-4/h5-18,20H,19H2,1-4H3/b14-13+. The van der Waals surface area contributed by atoms with Gasteiger partial charge in [0.15, 0.2) is 16.8 Å². The van der Waals surface area contributed by atoms with Gasteiger partial charge in [0.2, 0.25) is 5.13 Å². The van der Waals surface area contributed by atoms with Crippen LogP contribution in [-0.4, -0.2) is 53.4 Å². The summed E-state index contributed by atoms with van der Waals surface area (Å²) in [5, 5.41) is 7.99. The molecular weight excluding hydrogens is 732 g/mol. The van der Waals surface area contributed by atoms with E-state index in [2.05, 4.69) is 10.2 Å². The second-order valence-corrected chi connectivity index (χ2v) is 13.5. The van der Waals surface area contributed by atoms with Crippen molar-refractivity contribution in [2.24, 2.45) is 0 Å². The minimum absolute atomic E-state index is 0.00340. The van der Waals surface area contributed by atoms with E-state index in [1.807, 2.05) is 0 Å². The molecule has 0 fully saturated rings. The van der Waals surface area contributed by atoms with Crippen LogP contribution < -0.4 is 18.5 Å². The van der Waals surface area contributed by atoms with Crippen molar-refractivity contribution in [3.05, 3.63) is 118 Å². The Morgan fingerprint density at radius 1 is 0.941 bits per heavy atom. The summed E-state index contributed by atoms with van der Waals surface area (Å²) in [4.78, 5) is 14.7. The number of carbonyl (C=O) groups is 1. The van der Waals surface area contributed by atoms with Crippen LogP contribution in [0, 0.1) is 5.82 Å². The third-order valence-electron chi connectivity index (χ3n) is 7.28. The van der Waals surface area contributed by atoms with E-state index >= 15 is 4.39 Å². The number of ketones is 1. The van der Waals surface area contributed by atoms with Gasteiger partial charge in [-0.3, -0.25) is 9.10 Å². The highest BCUT2D eigenvalue weighted by atomic mass is 35.5. The number of rotatable bonds is 13. The molecule has 1 unspecified atom stereocenters. The molecule has 9 nitrogen and oxygen atoms in total.